The van der Waals surface area contributed by atoms with Crippen LogP contribution in [0.2, 0.25) is 0 Å². The third-order valence-corrected chi connectivity index (χ3v) is 4.78. The Morgan fingerprint density at radius 2 is 1.91 bits per heavy atom. The van der Waals surface area contributed by atoms with Crippen LogP contribution in [0.5, 0.6) is 0 Å². The van der Waals surface area contributed by atoms with E-state index in [2.05, 4.69) is 22.2 Å². The Labute approximate surface area is 135 Å². The Morgan fingerprint density at radius 3 is 2.74 bits per heavy atom. The summed E-state index contributed by atoms with van der Waals surface area (Å²) in [5.41, 5.74) is 2.92. The molecule has 0 aliphatic heterocycles. The first-order valence-corrected chi connectivity index (χ1v) is 8.33. The standard InChI is InChI=1S/C18H21N5/c1-13-4-2-3-5-15(13)21-17-6-7-18-20-12-16(23(18)22-17)14-8-10-19-11-9-14/h6-13,15H,2-5H2,1H3,(H,21,22). The summed E-state index contributed by atoms with van der Waals surface area (Å²) in [6.07, 6.45) is 10.6. The zero-order valence-corrected chi connectivity index (χ0v) is 13.3. The number of nitrogens with one attached hydrogen (secondary N) is 1. The lowest BCUT2D eigenvalue weighted by Crippen LogP contribution is -2.30. The number of hydrogen-bond acceptors (Lipinski definition) is 4. The molecule has 1 aliphatic rings. The van der Waals surface area contributed by atoms with Gasteiger partial charge in [-0.15, -0.1) is 5.10 Å². The number of aromatic nitrogens is 4. The molecule has 118 valence electrons. The monoisotopic (exact) mass is 307 g/mol. The van der Waals surface area contributed by atoms with Gasteiger partial charge in [0.05, 0.1) is 11.9 Å². The van der Waals surface area contributed by atoms with Crippen LogP contribution < -0.4 is 5.32 Å². The van der Waals surface area contributed by atoms with Gasteiger partial charge in [-0.25, -0.2) is 9.50 Å². The third-order valence-electron chi connectivity index (χ3n) is 4.78. The van der Waals surface area contributed by atoms with E-state index in [4.69, 9.17) is 5.10 Å². The Hall–Kier alpha value is -2.43. The van der Waals surface area contributed by atoms with E-state index < -0.39 is 0 Å². The van der Waals surface area contributed by atoms with Gasteiger partial charge in [0.15, 0.2) is 5.65 Å². The van der Waals surface area contributed by atoms with E-state index in [-0.39, 0.29) is 0 Å². The van der Waals surface area contributed by atoms with Crippen molar-refractivity contribution in [2.45, 2.75) is 38.6 Å². The molecule has 1 fully saturated rings. The average molecular weight is 307 g/mol. The van der Waals surface area contributed by atoms with Crippen molar-refractivity contribution in [3.8, 4) is 11.3 Å². The summed E-state index contributed by atoms with van der Waals surface area (Å²) in [5.74, 6) is 1.62. The molecule has 2 atom stereocenters. The molecule has 0 radical (unpaired) electrons. The number of nitrogens with zero attached hydrogens (tertiary/aromatic N) is 4. The molecule has 3 aromatic heterocycles. The van der Waals surface area contributed by atoms with E-state index >= 15 is 0 Å². The first-order valence-electron chi connectivity index (χ1n) is 8.33. The molecule has 5 nitrogen and oxygen atoms in total. The van der Waals surface area contributed by atoms with Crippen LogP contribution in [-0.2, 0) is 0 Å². The minimum atomic E-state index is 0.515. The van der Waals surface area contributed by atoms with Gasteiger partial charge in [-0.3, -0.25) is 4.98 Å². The van der Waals surface area contributed by atoms with E-state index in [9.17, 15) is 0 Å². The quantitative estimate of drug-likeness (QED) is 0.800. The maximum absolute atomic E-state index is 4.76. The highest BCUT2D eigenvalue weighted by atomic mass is 15.3. The number of imidazole rings is 1. The zero-order valence-electron chi connectivity index (χ0n) is 13.3. The molecule has 0 saturated heterocycles. The summed E-state index contributed by atoms with van der Waals surface area (Å²) < 4.78 is 1.91. The molecule has 5 heteroatoms. The van der Waals surface area contributed by atoms with Crippen LogP contribution >= 0.6 is 0 Å². The van der Waals surface area contributed by atoms with Crippen LogP contribution in [0.15, 0.2) is 42.9 Å². The Morgan fingerprint density at radius 1 is 1.09 bits per heavy atom. The van der Waals surface area contributed by atoms with E-state index in [1.165, 1.54) is 25.7 Å². The molecule has 0 spiro atoms. The largest absolute Gasteiger partial charge is 0.366 e. The van der Waals surface area contributed by atoms with Gasteiger partial charge in [-0.1, -0.05) is 19.8 Å². The van der Waals surface area contributed by atoms with Gasteiger partial charge in [-0.05, 0) is 43.0 Å². The van der Waals surface area contributed by atoms with Gasteiger partial charge in [0.2, 0.25) is 0 Å². The van der Waals surface area contributed by atoms with Crippen LogP contribution in [0, 0.1) is 5.92 Å². The molecule has 2 unspecified atom stereocenters. The SMILES string of the molecule is CC1CCCCC1Nc1ccc2ncc(-c3ccncc3)n2n1. The Bertz CT molecular complexity index is 796. The number of hydrogen-bond donors (Lipinski definition) is 1. The Balaban J connectivity index is 1.67. The summed E-state index contributed by atoms with van der Waals surface area (Å²) in [4.78, 5) is 8.53. The first kappa shape index (κ1) is 14.2. The second-order valence-electron chi connectivity index (χ2n) is 6.38. The minimum Gasteiger partial charge on any atom is -0.366 e. The van der Waals surface area contributed by atoms with Gasteiger partial charge in [0, 0.05) is 24.0 Å². The lowest BCUT2D eigenvalue weighted by atomic mass is 9.86. The van der Waals surface area contributed by atoms with Crippen molar-refractivity contribution in [1.29, 1.82) is 0 Å². The smallest absolute Gasteiger partial charge is 0.154 e. The molecule has 0 bridgehead atoms. The second-order valence-corrected chi connectivity index (χ2v) is 6.38. The molecule has 3 heterocycles. The highest BCUT2D eigenvalue weighted by Crippen LogP contribution is 2.27. The molecular formula is C18H21N5. The molecule has 1 aliphatic carbocycles. The summed E-state index contributed by atoms with van der Waals surface area (Å²) in [7, 11) is 0. The molecule has 1 N–H and O–H groups in total. The van der Waals surface area contributed by atoms with Gasteiger partial charge < -0.3 is 5.32 Å². The molecule has 3 aromatic rings. The normalized spacial score (nSPS) is 21.4. The van der Waals surface area contributed by atoms with Crippen molar-refractivity contribution in [2.75, 3.05) is 5.32 Å². The van der Waals surface area contributed by atoms with Crippen molar-refractivity contribution in [1.82, 2.24) is 19.6 Å². The van der Waals surface area contributed by atoms with E-state index in [1.54, 1.807) is 12.4 Å². The van der Waals surface area contributed by atoms with Gasteiger partial charge in [0.1, 0.15) is 5.82 Å². The number of rotatable bonds is 3. The summed E-state index contributed by atoms with van der Waals surface area (Å²) in [6, 6.07) is 8.53. The summed E-state index contributed by atoms with van der Waals surface area (Å²) in [6.45, 7) is 2.33. The van der Waals surface area contributed by atoms with Crippen molar-refractivity contribution in [3.05, 3.63) is 42.9 Å². The van der Waals surface area contributed by atoms with Gasteiger partial charge in [0.25, 0.3) is 0 Å². The Kier molecular flexibility index (Phi) is 3.69. The van der Waals surface area contributed by atoms with Crippen LogP contribution in [0.1, 0.15) is 32.6 Å². The molecular weight excluding hydrogens is 286 g/mol. The fourth-order valence-corrected chi connectivity index (χ4v) is 3.39. The van der Waals surface area contributed by atoms with Crippen molar-refractivity contribution in [2.24, 2.45) is 5.92 Å². The lowest BCUT2D eigenvalue weighted by molar-refractivity contribution is 0.348. The van der Waals surface area contributed by atoms with Crippen LogP contribution in [0.3, 0.4) is 0 Å². The van der Waals surface area contributed by atoms with E-state index in [0.717, 1.165) is 22.7 Å². The third kappa shape index (κ3) is 2.79. The predicted octanol–water partition coefficient (Wildman–Crippen LogP) is 3.78. The number of anilines is 1. The summed E-state index contributed by atoms with van der Waals surface area (Å²) in [5, 5.41) is 8.38. The molecule has 0 amide bonds. The highest BCUT2D eigenvalue weighted by molar-refractivity contribution is 5.63. The van der Waals surface area contributed by atoms with Crippen LogP contribution in [-0.4, -0.2) is 25.6 Å². The molecule has 23 heavy (non-hydrogen) atoms. The lowest BCUT2D eigenvalue weighted by Gasteiger charge is -2.29. The first-order chi connectivity index (χ1) is 11.3. The fraction of sp³-hybridized carbons (Fsp3) is 0.389. The van der Waals surface area contributed by atoms with E-state index in [1.807, 2.05) is 35.0 Å². The van der Waals surface area contributed by atoms with Crippen molar-refractivity contribution in [3.63, 3.8) is 0 Å². The predicted molar refractivity (Wildman–Crippen MR) is 91.3 cm³/mol. The topological polar surface area (TPSA) is 55.1 Å². The fourth-order valence-electron chi connectivity index (χ4n) is 3.39. The highest BCUT2D eigenvalue weighted by Gasteiger charge is 2.21. The van der Waals surface area contributed by atoms with Crippen molar-refractivity contribution >= 4 is 11.5 Å². The van der Waals surface area contributed by atoms with Crippen molar-refractivity contribution < 1.29 is 0 Å². The molecule has 0 aromatic carbocycles. The molecule has 1 saturated carbocycles. The number of fused-ring (bicyclic) bond motifs is 1. The average Bonchev–Trinajstić information content (AvgIpc) is 3.01. The number of pyridine rings is 1. The molecule has 4 rings (SSSR count). The van der Waals surface area contributed by atoms with Crippen LogP contribution in [0.4, 0.5) is 5.82 Å². The van der Waals surface area contributed by atoms with Gasteiger partial charge >= 0.3 is 0 Å². The zero-order chi connectivity index (χ0) is 15.6. The maximum atomic E-state index is 4.76. The van der Waals surface area contributed by atoms with Gasteiger partial charge in [-0.2, -0.15) is 0 Å². The second kappa shape index (κ2) is 5.99. The van der Waals surface area contributed by atoms with E-state index in [0.29, 0.717) is 12.0 Å². The maximum Gasteiger partial charge on any atom is 0.154 e. The summed E-state index contributed by atoms with van der Waals surface area (Å²) >= 11 is 0. The minimum absolute atomic E-state index is 0.515. The van der Waals surface area contributed by atoms with Crippen LogP contribution in [0.25, 0.3) is 16.9 Å².